The predicted octanol–water partition coefficient (Wildman–Crippen LogP) is 1.31. The number of nitrogens with zero attached hydrogens (tertiary/aromatic N) is 2. The number of carbonyl (C=O) groups excluding carboxylic acids is 2. The Morgan fingerprint density at radius 1 is 1.23 bits per heavy atom. The molecular weight excluding hydrogens is 302 g/mol. The molecule has 6 heteroatoms. The van der Waals surface area contributed by atoms with Crippen molar-refractivity contribution in [3.63, 3.8) is 0 Å². The van der Waals surface area contributed by atoms with Gasteiger partial charge in [0, 0.05) is 56.3 Å². The number of halogens is 1. The molecule has 0 aromatic heterocycles. The van der Waals surface area contributed by atoms with Gasteiger partial charge in [0.25, 0.3) is 0 Å². The maximum Gasteiger partial charge on any atom is 0.240 e. The van der Waals surface area contributed by atoms with Crippen LogP contribution in [-0.2, 0) is 9.59 Å². The van der Waals surface area contributed by atoms with Gasteiger partial charge in [-0.25, -0.2) is 0 Å². The molecule has 1 N–H and O–H groups in total. The molecule has 0 bridgehead atoms. The average molecular weight is 322 g/mol. The first-order valence-corrected chi connectivity index (χ1v) is 8.05. The van der Waals surface area contributed by atoms with E-state index in [2.05, 4.69) is 10.2 Å². The standard InChI is InChI=1S/C16H20ClN3O2/c17-12-2-1-3-13(10-12)19-6-8-20(9-7-19)16(22)15-11-14(21)4-5-18-15/h1-3,10,15,18H,4-9,11H2. The van der Waals surface area contributed by atoms with Crippen LogP contribution in [0.25, 0.3) is 0 Å². The van der Waals surface area contributed by atoms with Gasteiger partial charge in [0.05, 0.1) is 6.04 Å². The second-order valence-corrected chi connectivity index (χ2v) is 6.23. The highest BCUT2D eigenvalue weighted by atomic mass is 35.5. The van der Waals surface area contributed by atoms with E-state index in [1.807, 2.05) is 29.2 Å². The van der Waals surface area contributed by atoms with E-state index in [0.717, 1.165) is 23.8 Å². The Balaban J connectivity index is 1.57. The van der Waals surface area contributed by atoms with Gasteiger partial charge in [-0.2, -0.15) is 0 Å². The zero-order valence-electron chi connectivity index (χ0n) is 12.4. The summed E-state index contributed by atoms with van der Waals surface area (Å²) in [7, 11) is 0. The summed E-state index contributed by atoms with van der Waals surface area (Å²) in [6.07, 6.45) is 0.861. The topological polar surface area (TPSA) is 52.7 Å². The fourth-order valence-electron chi connectivity index (χ4n) is 3.04. The van der Waals surface area contributed by atoms with Crippen LogP contribution < -0.4 is 10.2 Å². The molecule has 0 saturated carbocycles. The van der Waals surface area contributed by atoms with Crippen LogP contribution in [0.15, 0.2) is 24.3 Å². The quantitative estimate of drug-likeness (QED) is 0.892. The third-order valence-electron chi connectivity index (χ3n) is 4.29. The van der Waals surface area contributed by atoms with Gasteiger partial charge in [0.15, 0.2) is 0 Å². The molecule has 3 rings (SSSR count). The molecule has 1 unspecified atom stereocenters. The first kappa shape index (κ1) is 15.3. The largest absolute Gasteiger partial charge is 0.368 e. The van der Waals surface area contributed by atoms with Crippen molar-refractivity contribution >= 4 is 29.0 Å². The fourth-order valence-corrected chi connectivity index (χ4v) is 3.23. The van der Waals surface area contributed by atoms with E-state index in [9.17, 15) is 9.59 Å². The smallest absolute Gasteiger partial charge is 0.240 e. The Bertz CT molecular complexity index is 570. The molecule has 2 saturated heterocycles. The van der Waals surface area contributed by atoms with Crippen LogP contribution >= 0.6 is 11.6 Å². The summed E-state index contributed by atoms with van der Waals surface area (Å²) in [5.41, 5.74) is 1.09. The molecule has 0 spiro atoms. The SMILES string of the molecule is O=C1CCNC(C(=O)N2CCN(c3cccc(Cl)c3)CC2)C1. The van der Waals surface area contributed by atoms with Crippen LogP contribution in [-0.4, -0.2) is 55.4 Å². The lowest BCUT2D eigenvalue weighted by Gasteiger charge is -2.38. The third-order valence-corrected chi connectivity index (χ3v) is 4.52. The van der Waals surface area contributed by atoms with Gasteiger partial charge in [-0.15, -0.1) is 0 Å². The van der Waals surface area contributed by atoms with Crippen LogP contribution in [0, 0.1) is 0 Å². The van der Waals surface area contributed by atoms with Crippen molar-refractivity contribution in [2.45, 2.75) is 18.9 Å². The second kappa shape index (κ2) is 6.67. The number of anilines is 1. The van der Waals surface area contributed by atoms with Gasteiger partial charge in [-0.05, 0) is 18.2 Å². The normalized spacial score (nSPS) is 22.8. The number of hydrogen-bond acceptors (Lipinski definition) is 4. The van der Waals surface area contributed by atoms with E-state index >= 15 is 0 Å². The zero-order valence-corrected chi connectivity index (χ0v) is 13.2. The van der Waals surface area contributed by atoms with Crippen LogP contribution in [0.3, 0.4) is 0 Å². The van der Waals surface area contributed by atoms with Gasteiger partial charge in [0.2, 0.25) is 5.91 Å². The van der Waals surface area contributed by atoms with Gasteiger partial charge in [0.1, 0.15) is 5.78 Å². The number of amides is 1. The number of ketones is 1. The number of nitrogens with one attached hydrogen (secondary N) is 1. The second-order valence-electron chi connectivity index (χ2n) is 5.79. The first-order chi connectivity index (χ1) is 10.6. The van der Waals surface area contributed by atoms with Crippen LogP contribution in [0.5, 0.6) is 0 Å². The summed E-state index contributed by atoms with van der Waals surface area (Å²) >= 11 is 6.03. The van der Waals surface area contributed by atoms with E-state index in [1.54, 1.807) is 0 Å². The molecule has 1 aromatic carbocycles. The van der Waals surface area contributed by atoms with Gasteiger partial charge in [-0.1, -0.05) is 17.7 Å². The summed E-state index contributed by atoms with van der Waals surface area (Å²) in [6.45, 7) is 3.53. The number of benzene rings is 1. The fraction of sp³-hybridized carbons (Fsp3) is 0.500. The lowest BCUT2D eigenvalue weighted by atomic mass is 10.0. The molecule has 0 radical (unpaired) electrons. The molecule has 5 nitrogen and oxygen atoms in total. The molecule has 2 heterocycles. The lowest BCUT2D eigenvalue weighted by molar-refractivity contribution is -0.137. The lowest BCUT2D eigenvalue weighted by Crippen LogP contribution is -2.56. The predicted molar refractivity (Wildman–Crippen MR) is 86.3 cm³/mol. The molecule has 1 aromatic rings. The Labute approximate surface area is 135 Å². The van der Waals surface area contributed by atoms with Gasteiger partial charge >= 0.3 is 0 Å². The third kappa shape index (κ3) is 3.42. The van der Waals surface area contributed by atoms with Crippen molar-refractivity contribution in [2.24, 2.45) is 0 Å². The van der Waals surface area contributed by atoms with Crippen molar-refractivity contribution in [1.29, 1.82) is 0 Å². The van der Waals surface area contributed by atoms with Crippen LogP contribution in [0.4, 0.5) is 5.69 Å². The maximum atomic E-state index is 12.5. The monoisotopic (exact) mass is 321 g/mol. The minimum atomic E-state index is -0.334. The number of piperazine rings is 1. The van der Waals surface area contributed by atoms with E-state index in [1.165, 1.54) is 0 Å². The molecule has 2 aliphatic rings. The minimum Gasteiger partial charge on any atom is -0.368 e. The van der Waals surface area contributed by atoms with Crippen molar-refractivity contribution in [1.82, 2.24) is 10.2 Å². The van der Waals surface area contributed by atoms with E-state index in [0.29, 0.717) is 32.5 Å². The summed E-state index contributed by atoms with van der Waals surface area (Å²) in [4.78, 5) is 28.1. The van der Waals surface area contributed by atoms with Gasteiger partial charge < -0.3 is 15.1 Å². The number of rotatable bonds is 2. The summed E-state index contributed by atoms with van der Waals surface area (Å²) in [5, 5.41) is 3.88. The van der Waals surface area contributed by atoms with E-state index < -0.39 is 0 Å². The molecule has 118 valence electrons. The van der Waals surface area contributed by atoms with Crippen molar-refractivity contribution < 1.29 is 9.59 Å². The minimum absolute atomic E-state index is 0.0544. The molecule has 22 heavy (non-hydrogen) atoms. The molecule has 0 aliphatic carbocycles. The highest BCUT2D eigenvalue weighted by molar-refractivity contribution is 6.30. The Kier molecular flexibility index (Phi) is 4.64. The molecule has 2 aliphatic heterocycles. The van der Waals surface area contributed by atoms with Crippen LogP contribution in [0.2, 0.25) is 5.02 Å². The van der Waals surface area contributed by atoms with E-state index in [-0.39, 0.29) is 17.7 Å². The average Bonchev–Trinajstić information content (AvgIpc) is 2.54. The number of carbonyl (C=O) groups is 2. The molecule has 1 atom stereocenters. The molecule has 1 amide bonds. The highest BCUT2D eigenvalue weighted by Crippen LogP contribution is 2.21. The summed E-state index contributed by atoms with van der Waals surface area (Å²) in [5.74, 6) is 0.230. The summed E-state index contributed by atoms with van der Waals surface area (Å²) < 4.78 is 0. The van der Waals surface area contributed by atoms with Gasteiger partial charge in [-0.3, -0.25) is 9.59 Å². The number of hydrogen-bond donors (Lipinski definition) is 1. The number of Topliss-reactive ketones (excluding diaryl/α,β-unsaturated/α-hetero) is 1. The van der Waals surface area contributed by atoms with Crippen molar-refractivity contribution in [2.75, 3.05) is 37.6 Å². The maximum absolute atomic E-state index is 12.5. The zero-order chi connectivity index (χ0) is 15.5. The Morgan fingerprint density at radius 3 is 2.68 bits per heavy atom. The first-order valence-electron chi connectivity index (χ1n) is 7.68. The Hall–Kier alpha value is -1.59. The van der Waals surface area contributed by atoms with Crippen molar-refractivity contribution in [3.8, 4) is 0 Å². The molecule has 2 fully saturated rings. The number of piperidine rings is 1. The van der Waals surface area contributed by atoms with E-state index in [4.69, 9.17) is 11.6 Å². The summed E-state index contributed by atoms with van der Waals surface area (Å²) in [6, 6.07) is 7.44. The highest BCUT2D eigenvalue weighted by Gasteiger charge is 2.30. The van der Waals surface area contributed by atoms with Crippen LogP contribution in [0.1, 0.15) is 12.8 Å². The Morgan fingerprint density at radius 2 is 2.00 bits per heavy atom. The molecular formula is C16H20ClN3O2. The van der Waals surface area contributed by atoms with Crippen molar-refractivity contribution in [3.05, 3.63) is 29.3 Å².